The molecule has 0 aliphatic heterocycles. The van der Waals surface area contributed by atoms with E-state index in [0.717, 1.165) is 15.1 Å². The van der Waals surface area contributed by atoms with Gasteiger partial charge in [-0.1, -0.05) is 23.9 Å². The third-order valence-electron chi connectivity index (χ3n) is 2.21. The molecule has 2 rings (SSSR count). The van der Waals surface area contributed by atoms with Crippen LogP contribution in [0.5, 0.6) is 0 Å². The zero-order valence-electron chi connectivity index (χ0n) is 9.46. The normalized spacial score (nSPS) is 10.3. The molecule has 0 radical (unpaired) electrons. The second-order valence-corrected chi connectivity index (χ2v) is 5.51. The summed E-state index contributed by atoms with van der Waals surface area (Å²) in [5.74, 6) is 0. The SMILES string of the molecule is Cc1cnc(Sc2ccccc2[N+](=O)[O-])c(Br)c1. The fourth-order valence-electron chi connectivity index (χ4n) is 1.39. The third-order valence-corrected chi connectivity index (χ3v) is 4.16. The van der Waals surface area contributed by atoms with Crippen molar-refractivity contribution in [2.24, 2.45) is 0 Å². The van der Waals surface area contributed by atoms with Gasteiger partial charge in [-0.25, -0.2) is 4.98 Å². The van der Waals surface area contributed by atoms with Crippen LogP contribution in [-0.2, 0) is 0 Å². The molecule has 0 spiro atoms. The number of halogens is 1. The Morgan fingerprint density at radius 3 is 2.78 bits per heavy atom. The molecule has 0 fully saturated rings. The number of nitro groups is 1. The number of hydrogen-bond acceptors (Lipinski definition) is 4. The van der Waals surface area contributed by atoms with Gasteiger partial charge in [0.05, 0.1) is 14.3 Å². The standard InChI is InChI=1S/C12H9BrN2O2S/c1-8-6-9(13)12(14-7-8)18-11-5-3-2-4-10(11)15(16)17/h2-7H,1H3. The van der Waals surface area contributed by atoms with E-state index in [1.165, 1.54) is 17.8 Å². The molecule has 2 aromatic rings. The first kappa shape index (κ1) is 13.0. The van der Waals surface area contributed by atoms with E-state index in [9.17, 15) is 10.1 Å². The molecule has 0 N–H and O–H groups in total. The van der Waals surface area contributed by atoms with E-state index >= 15 is 0 Å². The van der Waals surface area contributed by atoms with Gasteiger partial charge in [0, 0.05) is 12.3 Å². The highest BCUT2D eigenvalue weighted by Gasteiger charge is 2.15. The van der Waals surface area contributed by atoms with Crippen molar-refractivity contribution >= 4 is 33.4 Å². The monoisotopic (exact) mass is 324 g/mol. The molecule has 0 aliphatic carbocycles. The molecule has 1 aromatic carbocycles. The lowest BCUT2D eigenvalue weighted by Crippen LogP contribution is -1.91. The van der Waals surface area contributed by atoms with E-state index in [1.807, 2.05) is 13.0 Å². The van der Waals surface area contributed by atoms with Crippen molar-refractivity contribution in [2.45, 2.75) is 16.8 Å². The molecule has 6 heteroatoms. The van der Waals surface area contributed by atoms with E-state index < -0.39 is 0 Å². The van der Waals surface area contributed by atoms with Gasteiger partial charge < -0.3 is 0 Å². The van der Waals surface area contributed by atoms with Gasteiger partial charge in [-0.2, -0.15) is 0 Å². The van der Waals surface area contributed by atoms with Crippen LogP contribution in [0.2, 0.25) is 0 Å². The average molecular weight is 325 g/mol. The summed E-state index contributed by atoms with van der Waals surface area (Å²) >= 11 is 4.69. The van der Waals surface area contributed by atoms with E-state index in [0.29, 0.717) is 4.90 Å². The Labute approximate surface area is 117 Å². The molecule has 0 unspecified atom stereocenters. The molecule has 18 heavy (non-hydrogen) atoms. The summed E-state index contributed by atoms with van der Waals surface area (Å²) in [6.07, 6.45) is 1.74. The molecule has 4 nitrogen and oxygen atoms in total. The van der Waals surface area contributed by atoms with Crippen molar-refractivity contribution < 1.29 is 4.92 Å². The van der Waals surface area contributed by atoms with Gasteiger partial charge in [-0.15, -0.1) is 0 Å². The topological polar surface area (TPSA) is 56.0 Å². The summed E-state index contributed by atoms with van der Waals surface area (Å²) in [6.45, 7) is 1.94. The van der Waals surface area contributed by atoms with Gasteiger partial charge in [0.2, 0.25) is 0 Å². The minimum absolute atomic E-state index is 0.0942. The highest BCUT2D eigenvalue weighted by Crippen LogP contribution is 2.36. The van der Waals surface area contributed by atoms with E-state index in [2.05, 4.69) is 20.9 Å². The number of nitrogens with zero attached hydrogens (tertiary/aromatic N) is 2. The largest absolute Gasteiger partial charge is 0.283 e. The summed E-state index contributed by atoms with van der Waals surface area (Å²) in [5.41, 5.74) is 1.13. The van der Waals surface area contributed by atoms with Crippen molar-refractivity contribution in [2.75, 3.05) is 0 Å². The zero-order chi connectivity index (χ0) is 13.1. The van der Waals surface area contributed by atoms with Crippen molar-refractivity contribution in [1.29, 1.82) is 0 Å². The maximum absolute atomic E-state index is 10.9. The van der Waals surface area contributed by atoms with Crippen LogP contribution in [0, 0.1) is 17.0 Å². The van der Waals surface area contributed by atoms with Gasteiger partial charge >= 0.3 is 0 Å². The zero-order valence-corrected chi connectivity index (χ0v) is 11.9. The molecule has 92 valence electrons. The van der Waals surface area contributed by atoms with Crippen LogP contribution in [0.4, 0.5) is 5.69 Å². The van der Waals surface area contributed by atoms with Crippen LogP contribution in [-0.4, -0.2) is 9.91 Å². The van der Waals surface area contributed by atoms with Crippen LogP contribution in [0.3, 0.4) is 0 Å². The molecular formula is C12H9BrN2O2S. The first-order chi connectivity index (χ1) is 8.58. The third kappa shape index (κ3) is 2.88. The Hall–Kier alpha value is -1.40. The molecule has 0 saturated heterocycles. The summed E-state index contributed by atoms with van der Waals surface area (Å²) in [7, 11) is 0. The lowest BCUT2D eigenvalue weighted by atomic mass is 10.3. The first-order valence-electron chi connectivity index (χ1n) is 5.11. The van der Waals surface area contributed by atoms with Gasteiger partial charge in [0.15, 0.2) is 0 Å². The smallest absolute Gasteiger partial charge is 0.258 e. The Morgan fingerprint density at radius 1 is 1.39 bits per heavy atom. The lowest BCUT2D eigenvalue weighted by molar-refractivity contribution is -0.387. The number of nitro benzene ring substituents is 1. The fraction of sp³-hybridized carbons (Fsp3) is 0.0833. The van der Waals surface area contributed by atoms with Gasteiger partial charge in [-0.05, 0) is 40.5 Å². The number of aryl methyl sites for hydroxylation is 1. The number of para-hydroxylation sites is 1. The number of rotatable bonds is 3. The number of benzene rings is 1. The van der Waals surface area contributed by atoms with Crippen LogP contribution >= 0.6 is 27.7 Å². The number of aromatic nitrogens is 1. The molecule has 0 aliphatic rings. The van der Waals surface area contributed by atoms with E-state index in [1.54, 1.807) is 24.4 Å². The van der Waals surface area contributed by atoms with Crippen LogP contribution < -0.4 is 0 Å². The predicted octanol–water partition coefficient (Wildman–Crippen LogP) is 4.21. The Morgan fingerprint density at radius 2 is 2.11 bits per heavy atom. The maximum Gasteiger partial charge on any atom is 0.283 e. The molecule has 0 saturated carbocycles. The van der Waals surface area contributed by atoms with E-state index in [4.69, 9.17) is 0 Å². The second kappa shape index (κ2) is 5.49. The Bertz CT molecular complexity index is 604. The van der Waals surface area contributed by atoms with E-state index in [-0.39, 0.29) is 10.6 Å². The van der Waals surface area contributed by atoms with Crippen molar-refractivity contribution in [1.82, 2.24) is 4.98 Å². The number of hydrogen-bond donors (Lipinski definition) is 0. The Balaban J connectivity index is 2.37. The van der Waals surface area contributed by atoms with Gasteiger partial charge in [-0.3, -0.25) is 10.1 Å². The molecule has 0 atom stereocenters. The quantitative estimate of drug-likeness (QED) is 0.626. The van der Waals surface area contributed by atoms with Crippen molar-refractivity contribution in [3.8, 4) is 0 Å². The highest BCUT2D eigenvalue weighted by molar-refractivity contribution is 9.10. The molecule has 0 bridgehead atoms. The maximum atomic E-state index is 10.9. The summed E-state index contributed by atoms with van der Waals surface area (Å²) < 4.78 is 0.839. The average Bonchev–Trinajstić information content (AvgIpc) is 2.33. The number of pyridine rings is 1. The van der Waals surface area contributed by atoms with Crippen LogP contribution in [0.25, 0.3) is 0 Å². The molecule has 1 heterocycles. The van der Waals surface area contributed by atoms with Crippen molar-refractivity contribution in [3.05, 3.63) is 56.7 Å². The first-order valence-corrected chi connectivity index (χ1v) is 6.72. The van der Waals surface area contributed by atoms with Gasteiger partial charge in [0.1, 0.15) is 5.03 Å². The van der Waals surface area contributed by atoms with Crippen LogP contribution in [0.15, 0.2) is 50.9 Å². The fourth-order valence-corrected chi connectivity index (χ4v) is 2.96. The summed E-state index contributed by atoms with van der Waals surface area (Å²) in [4.78, 5) is 15.4. The summed E-state index contributed by atoms with van der Waals surface area (Å²) in [6, 6.07) is 8.57. The summed E-state index contributed by atoms with van der Waals surface area (Å²) in [5, 5.41) is 11.6. The predicted molar refractivity (Wildman–Crippen MR) is 73.9 cm³/mol. The minimum atomic E-state index is -0.384. The van der Waals surface area contributed by atoms with Gasteiger partial charge in [0.25, 0.3) is 5.69 Å². The van der Waals surface area contributed by atoms with Crippen LogP contribution in [0.1, 0.15) is 5.56 Å². The second-order valence-electron chi connectivity index (χ2n) is 3.63. The highest BCUT2D eigenvalue weighted by atomic mass is 79.9. The molecule has 0 amide bonds. The lowest BCUT2D eigenvalue weighted by Gasteiger charge is -2.04. The molecule has 1 aromatic heterocycles. The Kier molecular flexibility index (Phi) is 3.98. The molecular weight excluding hydrogens is 316 g/mol. The minimum Gasteiger partial charge on any atom is -0.258 e. The van der Waals surface area contributed by atoms with Crippen molar-refractivity contribution in [3.63, 3.8) is 0 Å².